The number of ether oxygens (including phenoxy) is 2. The first-order valence-corrected chi connectivity index (χ1v) is 10.4. The standard InChI is InChI=1S/C24H24N6O2/c1-15-16(2)29(13-18-7-5-6-10-25-18)23-22(15)24-27-21(28-30(24)14-26-23)12-17-8-9-19(31-3)20(11-17)32-4/h5-11,14H,12-13H2,1-4H3. The minimum atomic E-state index is 0.580. The van der Waals surface area contributed by atoms with Crippen molar-refractivity contribution in [2.45, 2.75) is 26.8 Å². The Morgan fingerprint density at radius 2 is 1.78 bits per heavy atom. The maximum Gasteiger partial charge on any atom is 0.168 e. The summed E-state index contributed by atoms with van der Waals surface area (Å²) in [5.41, 5.74) is 6.04. The van der Waals surface area contributed by atoms with E-state index in [9.17, 15) is 0 Å². The minimum Gasteiger partial charge on any atom is -0.493 e. The first-order valence-electron chi connectivity index (χ1n) is 10.4. The van der Waals surface area contributed by atoms with Gasteiger partial charge in [0.15, 0.2) is 23.0 Å². The second-order valence-corrected chi connectivity index (χ2v) is 7.72. The van der Waals surface area contributed by atoms with Crippen LogP contribution >= 0.6 is 0 Å². The molecule has 5 aromatic rings. The quantitative estimate of drug-likeness (QED) is 0.410. The highest BCUT2D eigenvalue weighted by Gasteiger charge is 2.18. The number of benzene rings is 1. The number of aryl methyl sites for hydroxylation is 1. The lowest BCUT2D eigenvalue weighted by Crippen LogP contribution is -2.04. The normalized spacial score (nSPS) is 11.4. The number of nitrogens with zero attached hydrogens (tertiary/aromatic N) is 6. The number of pyridine rings is 1. The van der Waals surface area contributed by atoms with Crippen LogP contribution in [0.5, 0.6) is 11.5 Å². The lowest BCUT2D eigenvalue weighted by atomic mass is 10.1. The molecule has 0 aliphatic carbocycles. The van der Waals surface area contributed by atoms with Crippen LogP contribution in [0.3, 0.4) is 0 Å². The number of rotatable bonds is 6. The van der Waals surface area contributed by atoms with Crippen LogP contribution < -0.4 is 9.47 Å². The van der Waals surface area contributed by atoms with Crippen molar-refractivity contribution in [3.63, 3.8) is 0 Å². The molecule has 0 unspecified atom stereocenters. The van der Waals surface area contributed by atoms with E-state index in [4.69, 9.17) is 19.4 Å². The molecular formula is C24H24N6O2. The molecule has 0 N–H and O–H groups in total. The molecule has 0 spiro atoms. The average molecular weight is 428 g/mol. The van der Waals surface area contributed by atoms with Gasteiger partial charge in [-0.15, -0.1) is 5.10 Å². The van der Waals surface area contributed by atoms with Crippen molar-refractivity contribution >= 4 is 16.7 Å². The van der Waals surface area contributed by atoms with Crippen molar-refractivity contribution in [2.24, 2.45) is 0 Å². The molecular weight excluding hydrogens is 404 g/mol. The molecule has 0 fully saturated rings. The number of aromatic nitrogens is 6. The number of hydrogen-bond acceptors (Lipinski definition) is 6. The molecule has 1 aromatic carbocycles. The Morgan fingerprint density at radius 3 is 2.53 bits per heavy atom. The number of fused-ring (bicyclic) bond motifs is 3. The van der Waals surface area contributed by atoms with Gasteiger partial charge >= 0.3 is 0 Å². The van der Waals surface area contributed by atoms with E-state index < -0.39 is 0 Å². The van der Waals surface area contributed by atoms with Crippen LogP contribution in [0.25, 0.3) is 16.7 Å². The van der Waals surface area contributed by atoms with Crippen molar-refractivity contribution in [3.05, 3.63) is 77.3 Å². The fraction of sp³-hybridized carbons (Fsp3) is 0.250. The lowest BCUT2D eigenvalue weighted by molar-refractivity contribution is 0.354. The second kappa shape index (κ2) is 7.96. The SMILES string of the molecule is COc1ccc(Cc2nc3c4c(C)c(C)n(Cc5ccccn5)c4ncn3n2)cc1OC. The van der Waals surface area contributed by atoms with E-state index in [0.717, 1.165) is 45.0 Å². The molecule has 5 rings (SSSR count). The molecule has 0 saturated carbocycles. The third-order valence-electron chi connectivity index (χ3n) is 5.85. The van der Waals surface area contributed by atoms with E-state index in [1.807, 2.05) is 42.6 Å². The van der Waals surface area contributed by atoms with Gasteiger partial charge in [-0.25, -0.2) is 14.5 Å². The summed E-state index contributed by atoms with van der Waals surface area (Å²) in [7, 11) is 3.26. The molecule has 32 heavy (non-hydrogen) atoms. The fourth-order valence-electron chi connectivity index (χ4n) is 4.07. The Hall–Kier alpha value is -3.94. The van der Waals surface area contributed by atoms with Gasteiger partial charge in [-0.2, -0.15) is 0 Å². The second-order valence-electron chi connectivity index (χ2n) is 7.72. The Kier molecular flexibility index (Phi) is 4.97. The summed E-state index contributed by atoms with van der Waals surface area (Å²) in [5, 5.41) is 5.69. The lowest BCUT2D eigenvalue weighted by Gasteiger charge is -2.08. The number of methoxy groups -OCH3 is 2. The molecule has 0 radical (unpaired) electrons. The van der Waals surface area contributed by atoms with E-state index in [-0.39, 0.29) is 0 Å². The molecule has 4 aromatic heterocycles. The molecule has 0 saturated heterocycles. The minimum absolute atomic E-state index is 0.580. The van der Waals surface area contributed by atoms with Gasteiger partial charge in [0.05, 0.1) is 31.8 Å². The van der Waals surface area contributed by atoms with Gasteiger partial charge in [0.1, 0.15) is 12.0 Å². The van der Waals surface area contributed by atoms with Gasteiger partial charge in [0, 0.05) is 18.3 Å². The zero-order valence-corrected chi connectivity index (χ0v) is 18.5. The highest BCUT2D eigenvalue weighted by molar-refractivity contribution is 5.93. The molecule has 4 heterocycles. The number of hydrogen-bond donors (Lipinski definition) is 0. The fourth-order valence-corrected chi connectivity index (χ4v) is 4.07. The predicted molar refractivity (Wildman–Crippen MR) is 121 cm³/mol. The van der Waals surface area contributed by atoms with Crippen LogP contribution in [0.15, 0.2) is 48.9 Å². The van der Waals surface area contributed by atoms with Gasteiger partial charge in [0.2, 0.25) is 0 Å². The van der Waals surface area contributed by atoms with Crippen molar-refractivity contribution in [1.29, 1.82) is 0 Å². The van der Waals surface area contributed by atoms with E-state index >= 15 is 0 Å². The topological polar surface area (TPSA) is 79.4 Å². The summed E-state index contributed by atoms with van der Waals surface area (Å²) in [6.07, 6.45) is 4.13. The molecule has 8 heteroatoms. The van der Waals surface area contributed by atoms with Gasteiger partial charge in [-0.3, -0.25) is 4.98 Å². The highest BCUT2D eigenvalue weighted by Crippen LogP contribution is 2.30. The van der Waals surface area contributed by atoms with Gasteiger partial charge in [0.25, 0.3) is 0 Å². The monoisotopic (exact) mass is 428 g/mol. The summed E-state index contributed by atoms with van der Waals surface area (Å²) in [4.78, 5) is 14.1. The summed E-state index contributed by atoms with van der Waals surface area (Å²) < 4.78 is 14.7. The summed E-state index contributed by atoms with van der Waals surface area (Å²) in [6, 6.07) is 11.8. The van der Waals surface area contributed by atoms with Crippen molar-refractivity contribution < 1.29 is 9.47 Å². The van der Waals surface area contributed by atoms with Crippen LogP contribution in [0.1, 0.15) is 28.3 Å². The summed E-state index contributed by atoms with van der Waals surface area (Å²) in [6.45, 7) is 4.88. The zero-order chi connectivity index (χ0) is 22.2. The Morgan fingerprint density at radius 1 is 0.938 bits per heavy atom. The molecule has 0 atom stereocenters. The summed E-state index contributed by atoms with van der Waals surface area (Å²) in [5.74, 6) is 2.11. The molecule has 0 aliphatic heterocycles. The van der Waals surface area contributed by atoms with Crippen LogP contribution in [0.4, 0.5) is 0 Å². The van der Waals surface area contributed by atoms with Gasteiger partial charge in [-0.1, -0.05) is 12.1 Å². The van der Waals surface area contributed by atoms with E-state index in [2.05, 4.69) is 28.5 Å². The van der Waals surface area contributed by atoms with Crippen LogP contribution in [-0.2, 0) is 13.0 Å². The molecule has 0 bridgehead atoms. The smallest absolute Gasteiger partial charge is 0.168 e. The highest BCUT2D eigenvalue weighted by atomic mass is 16.5. The third-order valence-corrected chi connectivity index (χ3v) is 5.85. The molecule has 162 valence electrons. The molecule has 0 amide bonds. The van der Waals surface area contributed by atoms with Crippen molar-refractivity contribution in [1.82, 2.24) is 29.1 Å². The maximum atomic E-state index is 5.42. The van der Waals surface area contributed by atoms with Crippen LogP contribution in [-0.4, -0.2) is 43.4 Å². The maximum absolute atomic E-state index is 5.42. The Bertz CT molecular complexity index is 1420. The van der Waals surface area contributed by atoms with E-state index in [1.54, 1.807) is 25.1 Å². The van der Waals surface area contributed by atoms with Crippen LogP contribution in [0.2, 0.25) is 0 Å². The first-order chi connectivity index (χ1) is 15.6. The van der Waals surface area contributed by atoms with Gasteiger partial charge in [-0.05, 0) is 49.2 Å². The van der Waals surface area contributed by atoms with Crippen LogP contribution in [0, 0.1) is 13.8 Å². The zero-order valence-electron chi connectivity index (χ0n) is 18.5. The Balaban J connectivity index is 1.56. The predicted octanol–water partition coefficient (Wildman–Crippen LogP) is 3.75. The van der Waals surface area contributed by atoms with E-state index in [1.165, 1.54) is 0 Å². The molecule has 0 aliphatic rings. The largest absolute Gasteiger partial charge is 0.493 e. The van der Waals surface area contributed by atoms with Gasteiger partial charge < -0.3 is 14.0 Å². The molecule has 8 nitrogen and oxygen atoms in total. The average Bonchev–Trinajstić information content (AvgIpc) is 3.33. The van der Waals surface area contributed by atoms with E-state index in [0.29, 0.717) is 24.5 Å². The van der Waals surface area contributed by atoms with Crippen molar-refractivity contribution in [2.75, 3.05) is 14.2 Å². The van der Waals surface area contributed by atoms with Crippen molar-refractivity contribution in [3.8, 4) is 11.5 Å². The first kappa shape index (κ1) is 20.0. The Labute approximate surface area is 185 Å². The summed E-state index contributed by atoms with van der Waals surface area (Å²) >= 11 is 0. The third kappa shape index (κ3) is 3.33.